The lowest BCUT2D eigenvalue weighted by Gasteiger charge is -2.30. The second-order valence-corrected chi connectivity index (χ2v) is 10.8. The van der Waals surface area contributed by atoms with Crippen molar-refractivity contribution in [2.24, 2.45) is 5.92 Å². The topological polar surface area (TPSA) is 82.2 Å². The number of hydrogen-bond acceptors (Lipinski definition) is 7. The van der Waals surface area contributed by atoms with Gasteiger partial charge in [-0.05, 0) is 68.9 Å². The number of carbonyl (C=O) groups is 1. The van der Waals surface area contributed by atoms with Gasteiger partial charge in [0.2, 0.25) is 5.95 Å². The lowest BCUT2D eigenvalue weighted by Crippen LogP contribution is -2.36. The molecule has 2 aliphatic rings. The SMILES string of the molecule is CCCSC1=C(C(=O)NCC2CCC(Nc3nc(N(C)C)c4ccccc4n3)CC2)C=CC(C)N1. The van der Waals surface area contributed by atoms with Crippen LogP contribution in [0.4, 0.5) is 11.8 Å². The van der Waals surface area contributed by atoms with E-state index in [1.165, 1.54) is 0 Å². The average molecular weight is 495 g/mol. The Labute approximate surface area is 213 Å². The van der Waals surface area contributed by atoms with Crippen LogP contribution in [0.5, 0.6) is 0 Å². The van der Waals surface area contributed by atoms with Gasteiger partial charge in [0, 0.05) is 38.1 Å². The van der Waals surface area contributed by atoms with E-state index >= 15 is 0 Å². The van der Waals surface area contributed by atoms with Gasteiger partial charge in [-0.2, -0.15) is 4.98 Å². The second-order valence-electron chi connectivity index (χ2n) is 9.74. The molecule has 1 aliphatic carbocycles. The fourth-order valence-corrected chi connectivity index (χ4v) is 5.64. The Hall–Kier alpha value is -2.74. The molecule has 3 N–H and O–H groups in total. The van der Waals surface area contributed by atoms with Gasteiger partial charge in [-0.25, -0.2) is 4.98 Å². The van der Waals surface area contributed by atoms with E-state index in [0.29, 0.717) is 17.9 Å². The highest BCUT2D eigenvalue weighted by molar-refractivity contribution is 8.03. The zero-order chi connectivity index (χ0) is 24.8. The summed E-state index contributed by atoms with van der Waals surface area (Å²) in [5, 5.41) is 12.3. The largest absolute Gasteiger partial charge is 0.373 e. The molecule has 8 heteroatoms. The number of anilines is 2. The van der Waals surface area contributed by atoms with E-state index in [2.05, 4.69) is 41.9 Å². The standard InChI is InChI=1S/C27H38N6OS/c1-5-16-35-26-22(15-10-18(2)29-26)25(34)28-17-19-11-13-20(14-12-19)30-27-31-23-9-7-6-8-21(23)24(32-27)33(3)4/h6-10,15,18-20,29H,5,11-14,16-17H2,1-4H3,(H,28,34)(H,30,31,32). The predicted octanol–water partition coefficient (Wildman–Crippen LogP) is 4.69. The maximum atomic E-state index is 12.9. The number of hydrogen-bond donors (Lipinski definition) is 3. The maximum Gasteiger partial charge on any atom is 0.253 e. The van der Waals surface area contributed by atoms with E-state index in [0.717, 1.165) is 71.7 Å². The van der Waals surface area contributed by atoms with Crippen molar-refractivity contribution in [1.29, 1.82) is 0 Å². The van der Waals surface area contributed by atoms with Gasteiger partial charge in [0.1, 0.15) is 5.82 Å². The number of aromatic nitrogens is 2. The highest BCUT2D eigenvalue weighted by Crippen LogP contribution is 2.29. The predicted molar refractivity (Wildman–Crippen MR) is 148 cm³/mol. The minimum Gasteiger partial charge on any atom is -0.373 e. The Morgan fingerprint density at radius 1 is 1.17 bits per heavy atom. The van der Waals surface area contributed by atoms with E-state index in [9.17, 15) is 4.79 Å². The molecule has 1 unspecified atom stereocenters. The molecule has 0 radical (unpaired) electrons. The quantitative estimate of drug-likeness (QED) is 0.467. The van der Waals surface area contributed by atoms with E-state index in [-0.39, 0.29) is 11.9 Å². The van der Waals surface area contributed by atoms with Gasteiger partial charge in [-0.3, -0.25) is 4.79 Å². The van der Waals surface area contributed by atoms with E-state index < -0.39 is 0 Å². The first-order valence-corrected chi connectivity index (χ1v) is 13.7. The molecule has 7 nitrogen and oxygen atoms in total. The summed E-state index contributed by atoms with van der Waals surface area (Å²) in [6.45, 7) is 4.99. The van der Waals surface area contributed by atoms with Crippen molar-refractivity contribution in [2.75, 3.05) is 36.6 Å². The molecule has 0 spiro atoms. The number of amides is 1. The lowest BCUT2D eigenvalue weighted by molar-refractivity contribution is -0.117. The Kier molecular flexibility index (Phi) is 8.55. The van der Waals surface area contributed by atoms with Crippen LogP contribution < -0.4 is 20.9 Å². The van der Waals surface area contributed by atoms with Crippen molar-refractivity contribution in [1.82, 2.24) is 20.6 Å². The van der Waals surface area contributed by atoms with E-state index in [1.807, 2.05) is 43.3 Å². The zero-order valence-electron chi connectivity index (χ0n) is 21.3. The number of benzene rings is 1. The van der Waals surface area contributed by atoms with E-state index in [1.54, 1.807) is 11.8 Å². The Balaban J connectivity index is 1.30. The summed E-state index contributed by atoms with van der Waals surface area (Å²) in [5.74, 6) is 3.16. The first-order chi connectivity index (χ1) is 16.9. The van der Waals surface area contributed by atoms with Crippen LogP contribution in [-0.2, 0) is 4.79 Å². The normalized spacial score (nSPS) is 22.1. The summed E-state index contributed by atoms with van der Waals surface area (Å²) in [6.07, 6.45) is 9.36. The third kappa shape index (κ3) is 6.48. The highest BCUT2D eigenvalue weighted by atomic mass is 32.2. The maximum absolute atomic E-state index is 12.9. The lowest BCUT2D eigenvalue weighted by atomic mass is 9.86. The van der Waals surface area contributed by atoms with Crippen LogP contribution in [0.25, 0.3) is 10.9 Å². The first-order valence-electron chi connectivity index (χ1n) is 12.7. The van der Waals surface area contributed by atoms with Crippen LogP contribution in [0.3, 0.4) is 0 Å². The number of fused-ring (bicyclic) bond motifs is 1. The van der Waals surface area contributed by atoms with Crippen molar-refractivity contribution < 1.29 is 4.79 Å². The van der Waals surface area contributed by atoms with Crippen molar-refractivity contribution in [2.45, 2.75) is 58.0 Å². The van der Waals surface area contributed by atoms with Crippen LogP contribution in [0.15, 0.2) is 47.0 Å². The van der Waals surface area contributed by atoms with Crippen LogP contribution >= 0.6 is 11.8 Å². The summed E-state index contributed by atoms with van der Waals surface area (Å²) in [5.41, 5.74) is 1.72. The summed E-state index contributed by atoms with van der Waals surface area (Å²) in [4.78, 5) is 24.5. The van der Waals surface area contributed by atoms with Gasteiger partial charge in [-0.1, -0.05) is 25.1 Å². The number of carbonyl (C=O) groups excluding carboxylic acids is 1. The molecular weight excluding hydrogens is 456 g/mol. The number of para-hydroxylation sites is 1. The monoisotopic (exact) mass is 494 g/mol. The highest BCUT2D eigenvalue weighted by Gasteiger charge is 2.24. The van der Waals surface area contributed by atoms with E-state index in [4.69, 9.17) is 9.97 Å². The first kappa shape index (κ1) is 25.4. The molecular formula is C27H38N6OS. The van der Waals surface area contributed by atoms with Crippen LogP contribution in [0.2, 0.25) is 0 Å². The van der Waals surface area contributed by atoms with Gasteiger partial charge in [0.15, 0.2) is 0 Å². The summed E-state index contributed by atoms with van der Waals surface area (Å²) in [7, 11) is 4.03. The van der Waals surface area contributed by atoms with Gasteiger partial charge < -0.3 is 20.9 Å². The molecule has 188 valence electrons. The molecule has 2 aromatic rings. The molecule has 1 aromatic heterocycles. The van der Waals surface area contributed by atoms with Crippen molar-refractivity contribution in [3.63, 3.8) is 0 Å². The van der Waals surface area contributed by atoms with Crippen molar-refractivity contribution in [3.8, 4) is 0 Å². The molecule has 1 saturated carbocycles. The molecule has 1 fully saturated rings. The number of rotatable bonds is 9. The average Bonchev–Trinajstić information content (AvgIpc) is 2.86. The van der Waals surface area contributed by atoms with Crippen LogP contribution in [-0.4, -0.2) is 54.4 Å². The smallest absolute Gasteiger partial charge is 0.253 e. The van der Waals surface area contributed by atoms with Gasteiger partial charge in [-0.15, -0.1) is 11.8 Å². The molecule has 1 aliphatic heterocycles. The third-order valence-corrected chi connectivity index (χ3v) is 7.83. The number of nitrogens with zero attached hydrogens (tertiary/aromatic N) is 3. The number of nitrogens with one attached hydrogen (secondary N) is 3. The molecule has 0 bridgehead atoms. The molecule has 1 atom stereocenters. The molecule has 1 aromatic carbocycles. The summed E-state index contributed by atoms with van der Waals surface area (Å²) in [6, 6.07) is 8.75. The van der Waals surface area contributed by atoms with Crippen molar-refractivity contribution in [3.05, 3.63) is 47.0 Å². The zero-order valence-corrected chi connectivity index (χ0v) is 22.1. The van der Waals surface area contributed by atoms with Crippen LogP contribution in [0.1, 0.15) is 46.0 Å². The Morgan fingerprint density at radius 2 is 1.94 bits per heavy atom. The molecule has 1 amide bonds. The second kappa shape index (κ2) is 11.8. The summed E-state index contributed by atoms with van der Waals surface area (Å²) < 4.78 is 0. The fraction of sp³-hybridized carbons (Fsp3) is 0.519. The summed E-state index contributed by atoms with van der Waals surface area (Å²) >= 11 is 1.74. The molecule has 0 saturated heterocycles. The molecule has 2 heterocycles. The minimum atomic E-state index is 0.0280. The van der Waals surface area contributed by atoms with Gasteiger partial charge in [0.05, 0.1) is 16.1 Å². The number of thioether (sulfide) groups is 1. The van der Waals surface area contributed by atoms with Crippen LogP contribution in [0, 0.1) is 5.92 Å². The van der Waals surface area contributed by atoms with Gasteiger partial charge >= 0.3 is 0 Å². The number of dihydropyridines is 1. The van der Waals surface area contributed by atoms with Crippen molar-refractivity contribution >= 4 is 40.3 Å². The Bertz CT molecular complexity index is 1090. The molecule has 4 rings (SSSR count). The minimum absolute atomic E-state index is 0.0280. The molecule has 35 heavy (non-hydrogen) atoms. The third-order valence-electron chi connectivity index (χ3n) is 6.59. The van der Waals surface area contributed by atoms with Gasteiger partial charge in [0.25, 0.3) is 5.91 Å². The Morgan fingerprint density at radius 3 is 2.69 bits per heavy atom. The fourth-order valence-electron chi connectivity index (χ4n) is 4.64.